The Labute approximate surface area is 67.0 Å². The van der Waals surface area contributed by atoms with Crippen LogP contribution in [0.25, 0.3) is 0 Å². The molecule has 1 unspecified atom stereocenters. The fourth-order valence-electron chi connectivity index (χ4n) is 0.216. The number of ether oxygens (including phenoxy) is 1. The minimum absolute atomic E-state index is 0.611. The Morgan fingerprint density at radius 1 is 1.64 bits per heavy atom. The van der Waals surface area contributed by atoms with E-state index in [1.807, 2.05) is 6.92 Å². The van der Waals surface area contributed by atoms with Gasteiger partial charge in [-0.3, -0.25) is 0 Å². The first kappa shape index (κ1) is 12.6. The maximum absolute atomic E-state index is 10.1. The van der Waals surface area contributed by atoms with Crippen LogP contribution in [0.15, 0.2) is 25.3 Å². The smallest absolute Gasteiger partial charge is 0.332 e. The molecule has 3 heteroatoms. The molecule has 1 atom stereocenters. The van der Waals surface area contributed by atoms with E-state index in [1.165, 1.54) is 6.92 Å². The van der Waals surface area contributed by atoms with Gasteiger partial charge < -0.3 is 9.84 Å². The fraction of sp³-hybridized carbons (Fsp3) is 0.375. The van der Waals surface area contributed by atoms with Gasteiger partial charge in [0.15, 0.2) is 6.29 Å². The molecule has 0 saturated heterocycles. The lowest BCUT2D eigenvalue weighted by atomic mass is 10.6. The van der Waals surface area contributed by atoms with E-state index in [4.69, 9.17) is 5.11 Å². The molecule has 0 aromatic rings. The second-order valence-electron chi connectivity index (χ2n) is 1.65. The summed E-state index contributed by atoms with van der Waals surface area (Å²) in [5, 5.41) is 8.36. The number of carbonyl (C=O) groups excluding carboxylic acids is 1. The topological polar surface area (TPSA) is 46.5 Å². The average molecular weight is 158 g/mol. The van der Waals surface area contributed by atoms with Crippen molar-refractivity contribution in [3.8, 4) is 0 Å². The van der Waals surface area contributed by atoms with Gasteiger partial charge in [-0.1, -0.05) is 12.7 Å². The third-order valence-electron chi connectivity index (χ3n) is 0.453. The summed E-state index contributed by atoms with van der Waals surface area (Å²) in [7, 11) is 0. The minimum atomic E-state index is -1.04. The zero-order chi connectivity index (χ0) is 9.28. The van der Waals surface area contributed by atoms with Crippen molar-refractivity contribution in [2.24, 2.45) is 0 Å². The summed E-state index contributed by atoms with van der Waals surface area (Å²) in [6, 6.07) is 0. The lowest BCUT2D eigenvalue weighted by Crippen LogP contribution is -2.10. The van der Waals surface area contributed by atoms with Gasteiger partial charge >= 0.3 is 5.97 Å². The molecular formula is C8H14O3. The van der Waals surface area contributed by atoms with Crippen LogP contribution in [0.1, 0.15) is 13.8 Å². The maximum atomic E-state index is 10.1. The van der Waals surface area contributed by atoms with Gasteiger partial charge in [0.1, 0.15) is 0 Å². The quantitative estimate of drug-likeness (QED) is 0.285. The Morgan fingerprint density at radius 3 is 2.09 bits per heavy atom. The van der Waals surface area contributed by atoms with E-state index in [-0.39, 0.29) is 0 Å². The molecule has 0 aliphatic carbocycles. The molecule has 0 aliphatic heterocycles. The van der Waals surface area contributed by atoms with Gasteiger partial charge in [-0.05, 0) is 13.8 Å². The predicted molar refractivity (Wildman–Crippen MR) is 43.8 cm³/mol. The molecule has 0 aromatic heterocycles. The summed E-state index contributed by atoms with van der Waals surface area (Å²) >= 11 is 0. The predicted octanol–water partition coefficient (Wildman–Crippen LogP) is 1.25. The number of hydrogen-bond donors (Lipinski definition) is 1. The molecule has 0 aromatic carbocycles. The molecule has 11 heavy (non-hydrogen) atoms. The summed E-state index contributed by atoms with van der Waals surface area (Å²) < 4.78 is 4.20. The molecule has 0 bridgehead atoms. The van der Waals surface area contributed by atoms with Crippen LogP contribution in [0.3, 0.4) is 0 Å². The molecule has 1 N–H and O–H groups in total. The Morgan fingerprint density at radius 2 is 2.00 bits per heavy atom. The lowest BCUT2D eigenvalue weighted by Gasteiger charge is -2.01. The van der Waals surface area contributed by atoms with Crippen LogP contribution in [0.2, 0.25) is 0 Å². The summed E-state index contributed by atoms with van der Waals surface area (Å²) in [6.45, 7) is 9.73. The Hall–Kier alpha value is -1.09. The van der Waals surface area contributed by atoms with E-state index in [1.54, 1.807) is 6.08 Å². The van der Waals surface area contributed by atoms with Gasteiger partial charge in [-0.2, -0.15) is 0 Å². The molecule has 0 amide bonds. The number of allylic oxidation sites excluding steroid dienone is 1. The van der Waals surface area contributed by atoms with Crippen LogP contribution in [0, 0.1) is 0 Å². The molecule has 3 nitrogen and oxygen atoms in total. The van der Waals surface area contributed by atoms with Gasteiger partial charge in [0.2, 0.25) is 0 Å². The van der Waals surface area contributed by atoms with Crippen LogP contribution in [-0.2, 0) is 9.53 Å². The summed E-state index contributed by atoms with van der Waals surface area (Å²) in [5.41, 5.74) is 0. The number of carbonyl (C=O) groups is 1. The minimum Gasteiger partial charge on any atom is -0.433 e. The highest BCUT2D eigenvalue weighted by molar-refractivity contribution is 5.81. The molecule has 0 spiro atoms. The molecule has 0 heterocycles. The second-order valence-corrected chi connectivity index (χ2v) is 1.65. The zero-order valence-electron chi connectivity index (χ0n) is 6.91. The first-order valence-electron chi connectivity index (χ1n) is 3.16. The molecular weight excluding hydrogens is 144 g/mol. The van der Waals surface area contributed by atoms with Crippen LogP contribution >= 0.6 is 0 Å². The van der Waals surface area contributed by atoms with Gasteiger partial charge in [0, 0.05) is 6.08 Å². The van der Waals surface area contributed by atoms with Gasteiger partial charge in [-0.25, -0.2) is 4.79 Å². The van der Waals surface area contributed by atoms with Crippen LogP contribution < -0.4 is 0 Å². The van der Waals surface area contributed by atoms with Crippen molar-refractivity contribution >= 4 is 5.97 Å². The van der Waals surface area contributed by atoms with Crippen LogP contribution in [0.4, 0.5) is 0 Å². The highest BCUT2D eigenvalue weighted by Gasteiger charge is 1.97. The van der Waals surface area contributed by atoms with E-state index >= 15 is 0 Å². The molecule has 0 saturated carbocycles. The molecule has 0 aliphatic rings. The summed E-state index contributed by atoms with van der Waals surface area (Å²) in [5.74, 6) is -0.611. The van der Waals surface area contributed by atoms with Crippen molar-refractivity contribution in [1.29, 1.82) is 0 Å². The summed E-state index contributed by atoms with van der Waals surface area (Å²) in [4.78, 5) is 10.1. The normalized spacial score (nSPS) is 10.1. The van der Waals surface area contributed by atoms with E-state index in [9.17, 15) is 4.79 Å². The Balaban J connectivity index is 0. The number of esters is 1. The number of aliphatic hydroxyl groups excluding tert-OH is 1. The van der Waals surface area contributed by atoms with Crippen molar-refractivity contribution in [3.05, 3.63) is 25.3 Å². The van der Waals surface area contributed by atoms with Crippen LogP contribution in [0.5, 0.6) is 0 Å². The highest BCUT2D eigenvalue weighted by Crippen LogP contribution is 1.84. The summed E-state index contributed by atoms with van der Waals surface area (Å²) in [6.07, 6.45) is 1.70. The molecule has 64 valence electrons. The van der Waals surface area contributed by atoms with E-state index in [2.05, 4.69) is 17.9 Å². The zero-order valence-corrected chi connectivity index (χ0v) is 6.91. The first-order chi connectivity index (χ1) is 5.08. The van der Waals surface area contributed by atoms with Gasteiger partial charge in [0.25, 0.3) is 0 Å². The van der Waals surface area contributed by atoms with E-state index in [0.29, 0.717) is 0 Å². The highest BCUT2D eigenvalue weighted by atomic mass is 16.6. The monoisotopic (exact) mass is 158 g/mol. The number of hydrogen-bond acceptors (Lipinski definition) is 3. The van der Waals surface area contributed by atoms with Crippen molar-refractivity contribution in [3.63, 3.8) is 0 Å². The van der Waals surface area contributed by atoms with Crippen LogP contribution in [-0.4, -0.2) is 17.4 Å². The number of rotatable bonds is 2. The largest absolute Gasteiger partial charge is 0.433 e. The van der Waals surface area contributed by atoms with E-state index < -0.39 is 12.3 Å². The van der Waals surface area contributed by atoms with Crippen molar-refractivity contribution in [2.75, 3.05) is 0 Å². The standard InChI is InChI=1S/C5H8O3.C3H6/c1-3-5(7)8-4(2)6;1-3-2/h3-4,6H,1H2,2H3;3H,1H2,2H3. The van der Waals surface area contributed by atoms with Crippen molar-refractivity contribution in [2.45, 2.75) is 20.1 Å². The van der Waals surface area contributed by atoms with E-state index in [0.717, 1.165) is 6.08 Å². The third-order valence-corrected chi connectivity index (χ3v) is 0.453. The maximum Gasteiger partial charge on any atom is 0.332 e. The second kappa shape index (κ2) is 8.91. The SMILES string of the molecule is C=CC.C=CC(=O)OC(C)O. The van der Waals surface area contributed by atoms with Gasteiger partial charge in [0.05, 0.1) is 0 Å². The molecule has 0 fully saturated rings. The average Bonchev–Trinajstić information content (AvgIpc) is 1.88. The Kier molecular flexibility index (Phi) is 10.2. The fourth-order valence-corrected chi connectivity index (χ4v) is 0.216. The molecule has 0 rings (SSSR count). The molecule has 0 radical (unpaired) electrons. The lowest BCUT2D eigenvalue weighted by molar-refractivity contribution is -0.158. The number of aliphatic hydroxyl groups is 1. The van der Waals surface area contributed by atoms with Crippen molar-refractivity contribution in [1.82, 2.24) is 0 Å². The van der Waals surface area contributed by atoms with Gasteiger partial charge in [-0.15, -0.1) is 6.58 Å². The van der Waals surface area contributed by atoms with Crippen molar-refractivity contribution < 1.29 is 14.6 Å². The Bertz CT molecular complexity index is 127. The first-order valence-corrected chi connectivity index (χ1v) is 3.16. The third kappa shape index (κ3) is 17.6.